The first-order valence-corrected chi connectivity index (χ1v) is 8.18. The fraction of sp³-hybridized carbons (Fsp3) is 0.412. The third kappa shape index (κ3) is 3.99. The van der Waals surface area contributed by atoms with Crippen molar-refractivity contribution in [2.24, 2.45) is 0 Å². The van der Waals surface area contributed by atoms with E-state index in [2.05, 4.69) is 10.7 Å². The minimum Gasteiger partial charge on any atom is -0.344 e. The summed E-state index contributed by atoms with van der Waals surface area (Å²) in [6, 6.07) is 8.10. The number of likely N-dealkylation sites (N-methyl/N-ethyl adjacent to an activating group) is 2. The zero-order chi connectivity index (χ0) is 19.5. The first-order valence-electron chi connectivity index (χ1n) is 8.18. The molecule has 1 aromatic carbocycles. The Hall–Kier alpha value is -2.94. The number of rotatable bonds is 6. The van der Waals surface area contributed by atoms with Crippen molar-refractivity contribution in [1.82, 2.24) is 20.7 Å². The van der Waals surface area contributed by atoms with Crippen LogP contribution >= 0.6 is 0 Å². The van der Waals surface area contributed by atoms with Gasteiger partial charge in [0, 0.05) is 14.1 Å². The molecule has 2 rings (SSSR count). The van der Waals surface area contributed by atoms with Crippen LogP contribution in [0.2, 0.25) is 0 Å². The van der Waals surface area contributed by atoms with Gasteiger partial charge in [-0.2, -0.15) is 5.01 Å². The number of nitrogens with zero attached hydrogens (tertiary/aromatic N) is 2. The summed E-state index contributed by atoms with van der Waals surface area (Å²) in [4.78, 5) is 50.8. The van der Waals surface area contributed by atoms with Crippen LogP contribution in [0.4, 0.5) is 4.79 Å². The molecule has 1 saturated heterocycles. The van der Waals surface area contributed by atoms with Gasteiger partial charge in [0.2, 0.25) is 0 Å². The van der Waals surface area contributed by atoms with Gasteiger partial charge in [-0.25, -0.2) is 4.79 Å². The van der Waals surface area contributed by atoms with Crippen molar-refractivity contribution in [2.45, 2.75) is 12.5 Å². The van der Waals surface area contributed by atoms with E-state index in [1.54, 1.807) is 58.4 Å². The molecule has 0 radical (unpaired) electrons. The van der Waals surface area contributed by atoms with Gasteiger partial charge in [-0.15, -0.1) is 0 Å². The monoisotopic (exact) mass is 362 g/mol. The molecule has 9 heteroatoms. The highest BCUT2D eigenvalue weighted by Crippen LogP contribution is 2.27. The van der Waals surface area contributed by atoms with Crippen LogP contribution in [0.25, 0.3) is 0 Å². The molecule has 9 nitrogen and oxygen atoms in total. The maximum absolute atomic E-state index is 12.7. The Morgan fingerprint density at radius 2 is 1.81 bits per heavy atom. The maximum Gasteiger partial charge on any atom is 0.344 e. The van der Waals surface area contributed by atoms with Crippen LogP contribution in [-0.2, 0) is 19.9 Å². The second kappa shape index (κ2) is 7.52. The van der Waals surface area contributed by atoms with Gasteiger partial charge in [-0.05, 0) is 12.5 Å². The van der Waals surface area contributed by atoms with Crippen LogP contribution in [0.1, 0.15) is 12.5 Å². The number of amides is 5. The molecule has 0 aliphatic carbocycles. The molecule has 3 N–H and O–H groups in total. The van der Waals surface area contributed by atoms with Crippen LogP contribution in [0.3, 0.4) is 0 Å². The van der Waals surface area contributed by atoms with E-state index in [9.17, 15) is 19.2 Å². The van der Waals surface area contributed by atoms with Gasteiger partial charge >= 0.3 is 6.03 Å². The molecule has 5 amide bonds. The van der Waals surface area contributed by atoms with Gasteiger partial charge in [0.05, 0.1) is 7.05 Å². The number of hydrogen-bond donors (Lipinski definition) is 3. The van der Waals surface area contributed by atoms with Gasteiger partial charge in [-0.3, -0.25) is 19.8 Å². The average molecular weight is 362 g/mol. The predicted octanol–water partition coefficient (Wildman–Crippen LogP) is -1.91. The molecule has 140 valence electrons. The number of benzene rings is 1. The zero-order valence-electron chi connectivity index (χ0n) is 15.3. The van der Waals surface area contributed by atoms with E-state index in [1.807, 2.05) is 0 Å². The van der Waals surface area contributed by atoms with Crippen molar-refractivity contribution in [3.05, 3.63) is 35.9 Å². The lowest BCUT2D eigenvalue weighted by Crippen LogP contribution is -3.11. The summed E-state index contributed by atoms with van der Waals surface area (Å²) in [7, 11) is 4.95. The highest BCUT2D eigenvalue weighted by molar-refractivity contribution is 6.08. The third-order valence-corrected chi connectivity index (χ3v) is 4.19. The normalized spacial score (nSPS) is 20.5. The standard InChI is InChI=1S/C17H23N5O4/c1-17(12-8-6-5-7-9-12)15(25)22(16(26)18-17)19-13(23)10-21(4)11-14(24)20(2)3/h5-9H,10-11H2,1-4H3,(H,18,26)(H,19,23)/p+1/t17-/m0/s1. The van der Waals surface area contributed by atoms with E-state index in [0.29, 0.717) is 15.5 Å². The smallest absolute Gasteiger partial charge is 0.344 e. The molecular weight excluding hydrogens is 338 g/mol. The number of nitrogens with one attached hydrogen (secondary N) is 3. The van der Waals surface area contributed by atoms with Gasteiger partial charge in [0.25, 0.3) is 17.7 Å². The second-order valence-corrected chi connectivity index (χ2v) is 6.70. The molecule has 1 aromatic rings. The minimum absolute atomic E-state index is 0.0569. The first kappa shape index (κ1) is 19.4. The third-order valence-electron chi connectivity index (χ3n) is 4.19. The predicted molar refractivity (Wildman–Crippen MR) is 92.6 cm³/mol. The summed E-state index contributed by atoms with van der Waals surface area (Å²) in [6.07, 6.45) is 0. The van der Waals surface area contributed by atoms with Gasteiger partial charge in [0.15, 0.2) is 13.1 Å². The Kier molecular flexibility index (Phi) is 5.61. The van der Waals surface area contributed by atoms with Crippen LogP contribution in [0.15, 0.2) is 30.3 Å². The lowest BCUT2D eigenvalue weighted by molar-refractivity contribution is -0.863. The quantitative estimate of drug-likeness (QED) is 0.514. The number of imide groups is 1. The molecule has 1 heterocycles. The van der Waals surface area contributed by atoms with E-state index in [0.717, 1.165) is 0 Å². The highest BCUT2D eigenvalue weighted by atomic mass is 16.2. The Morgan fingerprint density at radius 3 is 2.38 bits per heavy atom. The molecular formula is C17H24N5O4+. The molecule has 2 atom stereocenters. The number of carbonyl (C=O) groups is 4. The van der Waals surface area contributed by atoms with Crippen molar-refractivity contribution in [3.8, 4) is 0 Å². The number of quaternary nitrogens is 1. The van der Waals surface area contributed by atoms with E-state index in [1.165, 1.54) is 4.90 Å². The Labute approximate surface area is 151 Å². The minimum atomic E-state index is -1.24. The highest BCUT2D eigenvalue weighted by Gasteiger charge is 2.50. The molecule has 1 aliphatic heterocycles. The van der Waals surface area contributed by atoms with Crippen molar-refractivity contribution < 1.29 is 24.1 Å². The van der Waals surface area contributed by atoms with Gasteiger partial charge in [-0.1, -0.05) is 30.3 Å². The Bertz CT molecular complexity index is 721. The summed E-state index contributed by atoms with van der Waals surface area (Å²) in [6.45, 7) is 1.66. The maximum atomic E-state index is 12.7. The van der Waals surface area contributed by atoms with E-state index in [4.69, 9.17) is 0 Å². The zero-order valence-corrected chi connectivity index (χ0v) is 15.3. The number of hydrogen-bond acceptors (Lipinski definition) is 4. The van der Waals surface area contributed by atoms with Crippen LogP contribution in [-0.4, -0.2) is 67.9 Å². The van der Waals surface area contributed by atoms with Crippen molar-refractivity contribution >= 4 is 23.8 Å². The molecule has 1 unspecified atom stereocenters. The fourth-order valence-corrected chi connectivity index (χ4v) is 2.62. The van der Waals surface area contributed by atoms with Gasteiger partial charge in [0.1, 0.15) is 5.54 Å². The molecule has 0 spiro atoms. The number of hydrazine groups is 1. The fourth-order valence-electron chi connectivity index (χ4n) is 2.62. The molecule has 1 fully saturated rings. The second-order valence-electron chi connectivity index (χ2n) is 6.70. The summed E-state index contributed by atoms with van der Waals surface area (Å²) < 4.78 is 0. The van der Waals surface area contributed by atoms with E-state index < -0.39 is 23.4 Å². The number of carbonyl (C=O) groups excluding carboxylic acids is 4. The van der Waals surface area contributed by atoms with E-state index >= 15 is 0 Å². The van der Waals surface area contributed by atoms with Gasteiger partial charge < -0.3 is 15.1 Å². The van der Waals surface area contributed by atoms with Crippen LogP contribution < -0.4 is 15.6 Å². The summed E-state index contributed by atoms with van der Waals surface area (Å²) in [5.41, 5.74) is 1.70. The van der Waals surface area contributed by atoms with Crippen molar-refractivity contribution in [1.29, 1.82) is 0 Å². The average Bonchev–Trinajstić information content (AvgIpc) is 2.79. The molecule has 1 aliphatic rings. The van der Waals surface area contributed by atoms with Crippen molar-refractivity contribution in [3.63, 3.8) is 0 Å². The topological polar surface area (TPSA) is 103 Å². The molecule has 0 saturated carbocycles. The summed E-state index contributed by atoms with van der Waals surface area (Å²) >= 11 is 0. The SMILES string of the molecule is CN(C)C(=O)C[NH+](C)CC(=O)NN1C(=O)N[C@@](C)(c2ccccc2)C1=O. The first-order chi connectivity index (χ1) is 12.1. The Balaban J connectivity index is 2.01. The molecule has 0 aromatic heterocycles. The lowest BCUT2D eigenvalue weighted by atomic mass is 9.92. The molecule has 26 heavy (non-hydrogen) atoms. The summed E-state index contributed by atoms with van der Waals surface area (Å²) in [5.74, 6) is -1.22. The van der Waals surface area contributed by atoms with E-state index in [-0.39, 0.29) is 19.0 Å². The van der Waals surface area contributed by atoms with Crippen LogP contribution in [0, 0.1) is 0 Å². The van der Waals surface area contributed by atoms with Crippen LogP contribution in [0.5, 0.6) is 0 Å². The summed E-state index contributed by atoms with van der Waals surface area (Å²) in [5, 5.41) is 3.30. The lowest BCUT2D eigenvalue weighted by Gasteiger charge is -2.22. The largest absolute Gasteiger partial charge is 0.344 e. The Morgan fingerprint density at radius 1 is 1.19 bits per heavy atom. The number of urea groups is 1. The van der Waals surface area contributed by atoms with Crippen molar-refractivity contribution in [2.75, 3.05) is 34.2 Å². The molecule has 0 bridgehead atoms.